The van der Waals surface area contributed by atoms with Gasteiger partial charge in [-0.25, -0.2) is 9.00 Å². The summed E-state index contributed by atoms with van der Waals surface area (Å²) < 4.78 is 34.1. The highest BCUT2D eigenvalue weighted by atomic mass is 35.5. The number of fused-ring (bicyclic) bond motifs is 2. The summed E-state index contributed by atoms with van der Waals surface area (Å²) in [5.74, 6) is 0.531. The Morgan fingerprint density at radius 1 is 1.16 bits per heavy atom. The molecule has 4 atom stereocenters. The van der Waals surface area contributed by atoms with E-state index >= 15 is 0 Å². The van der Waals surface area contributed by atoms with E-state index in [-0.39, 0.29) is 44.6 Å². The summed E-state index contributed by atoms with van der Waals surface area (Å²) in [6.45, 7) is 0. The van der Waals surface area contributed by atoms with Crippen LogP contribution < -0.4 is 9.04 Å². The number of rotatable bonds is 6. The van der Waals surface area contributed by atoms with Crippen LogP contribution in [0, 0.1) is 11.8 Å². The van der Waals surface area contributed by atoms with Crippen LogP contribution in [0.3, 0.4) is 0 Å². The first-order valence-corrected chi connectivity index (χ1v) is 11.6. The summed E-state index contributed by atoms with van der Waals surface area (Å²) in [4.78, 5) is 11.7. The van der Waals surface area contributed by atoms with Crippen molar-refractivity contribution in [1.29, 1.82) is 0 Å². The van der Waals surface area contributed by atoms with E-state index in [1.54, 1.807) is 0 Å². The second kappa shape index (κ2) is 8.86. The number of halogens is 2. The average Bonchev–Trinajstić information content (AvgIpc) is 3.35. The maximum absolute atomic E-state index is 12.2. The molecule has 0 radical (unpaired) electrons. The van der Waals surface area contributed by atoms with Crippen molar-refractivity contribution >= 4 is 46.1 Å². The van der Waals surface area contributed by atoms with Gasteiger partial charge in [-0.2, -0.15) is 0 Å². The minimum Gasteiger partial charge on any atom is -0.506 e. The summed E-state index contributed by atoms with van der Waals surface area (Å²) in [5, 5.41) is 10.6. The second-order valence-corrected chi connectivity index (χ2v) is 9.48. The number of aromatic hydroxyl groups is 1. The number of nitrogens with zero attached hydrogens (tertiary/aromatic N) is 1. The molecule has 2 bridgehead atoms. The van der Waals surface area contributed by atoms with E-state index in [1.807, 2.05) is 0 Å². The quantitative estimate of drug-likeness (QED) is 0.419. The molecule has 2 aromatic rings. The fourth-order valence-electron chi connectivity index (χ4n) is 4.63. The van der Waals surface area contributed by atoms with Gasteiger partial charge >= 0.3 is 5.97 Å². The number of hydrogen-bond acceptors (Lipinski definition) is 5. The predicted molar refractivity (Wildman–Crippen MR) is 118 cm³/mol. The Morgan fingerprint density at radius 2 is 1.87 bits per heavy atom. The summed E-state index contributed by atoms with van der Waals surface area (Å²) in [6, 6.07) is 7.00. The molecule has 0 heterocycles. The number of carbonyl (C=O) groups excluding carboxylic acids is 1. The molecule has 2 aromatic carbocycles. The number of hydrogen-bond donors (Lipinski definition) is 2. The molecule has 31 heavy (non-hydrogen) atoms. The molecular formula is C21H21Cl2NO6S. The van der Waals surface area contributed by atoms with Crippen LogP contribution in [0.1, 0.15) is 36.0 Å². The molecule has 2 fully saturated rings. The van der Waals surface area contributed by atoms with E-state index in [2.05, 4.69) is 4.74 Å². The van der Waals surface area contributed by atoms with Gasteiger partial charge in [-0.1, -0.05) is 29.6 Å². The van der Waals surface area contributed by atoms with E-state index in [1.165, 1.54) is 41.7 Å². The smallest absolute Gasteiger partial charge is 0.337 e. The molecule has 2 aliphatic carbocycles. The molecule has 0 aliphatic heterocycles. The normalized spacial score (nSPS) is 22.9. The highest BCUT2D eigenvalue weighted by Crippen LogP contribution is 2.49. The van der Waals surface area contributed by atoms with Gasteiger partial charge in [-0.3, -0.25) is 8.86 Å². The van der Waals surface area contributed by atoms with Crippen LogP contribution in [0.25, 0.3) is 0 Å². The number of anilines is 1. The van der Waals surface area contributed by atoms with Gasteiger partial charge in [-0.05, 0) is 55.4 Å². The standard InChI is InChI=1S/C21H21Cl2NO6S/c1-29-21(26)13-8-15(22)20(16(23)9-13)30-14-4-5-19(25)18(10-14)24(31(27)28)17-7-11-2-3-12(17)6-11/h4-5,8-12,17,25H,2-3,6-7H2,1H3,(H,27,28). The lowest BCUT2D eigenvalue weighted by molar-refractivity contribution is 0.0600. The molecule has 7 nitrogen and oxygen atoms in total. The molecule has 166 valence electrons. The topological polar surface area (TPSA) is 96.3 Å². The summed E-state index contributed by atoms with van der Waals surface area (Å²) >= 11 is 10.2. The molecule has 10 heteroatoms. The zero-order valence-corrected chi connectivity index (χ0v) is 18.9. The van der Waals surface area contributed by atoms with Crippen LogP contribution in [0.5, 0.6) is 17.2 Å². The van der Waals surface area contributed by atoms with Crippen LogP contribution in [0.2, 0.25) is 10.0 Å². The highest BCUT2D eigenvalue weighted by Gasteiger charge is 2.44. The average molecular weight is 486 g/mol. The Morgan fingerprint density at radius 3 is 2.42 bits per heavy atom. The van der Waals surface area contributed by atoms with Crippen LogP contribution in [0.15, 0.2) is 30.3 Å². The second-order valence-electron chi connectivity index (χ2n) is 7.81. The number of phenolic OH excluding ortho intramolecular Hbond substituents is 1. The van der Waals surface area contributed by atoms with Crippen LogP contribution in [-0.4, -0.2) is 33.0 Å². The lowest BCUT2D eigenvalue weighted by atomic mass is 9.95. The lowest BCUT2D eigenvalue weighted by Gasteiger charge is -2.33. The summed E-state index contributed by atoms with van der Waals surface area (Å²) in [7, 11) is 1.25. The lowest BCUT2D eigenvalue weighted by Crippen LogP contribution is -2.40. The minimum atomic E-state index is -2.31. The van der Waals surface area contributed by atoms with Crippen molar-refractivity contribution in [2.75, 3.05) is 11.4 Å². The monoisotopic (exact) mass is 485 g/mol. The summed E-state index contributed by atoms with van der Waals surface area (Å²) in [5.41, 5.74) is 0.378. The number of esters is 1. The fraction of sp³-hybridized carbons (Fsp3) is 0.381. The first-order valence-electron chi connectivity index (χ1n) is 9.77. The molecule has 2 N–H and O–H groups in total. The van der Waals surface area contributed by atoms with Gasteiger partial charge in [-0.15, -0.1) is 0 Å². The SMILES string of the molecule is COC(=O)c1cc(Cl)c(Oc2ccc(O)c(N(C3CC4CCC3C4)S(=O)O)c2)c(Cl)c1. The predicted octanol–water partition coefficient (Wildman–Crippen LogP) is 5.41. The molecule has 0 spiro atoms. The molecule has 0 amide bonds. The van der Waals surface area contributed by atoms with Crippen molar-refractivity contribution in [3.8, 4) is 17.2 Å². The number of ether oxygens (including phenoxy) is 2. The van der Waals surface area contributed by atoms with Gasteiger partial charge in [0, 0.05) is 12.1 Å². The highest BCUT2D eigenvalue weighted by molar-refractivity contribution is 7.80. The van der Waals surface area contributed by atoms with Gasteiger partial charge in [0.1, 0.15) is 11.5 Å². The third kappa shape index (κ3) is 4.35. The molecule has 4 unspecified atom stereocenters. The molecule has 0 aromatic heterocycles. The first kappa shape index (κ1) is 22.2. The van der Waals surface area contributed by atoms with E-state index in [4.69, 9.17) is 27.9 Å². The van der Waals surface area contributed by atoms with Crippen molar-refractivity contribution in [3.63, 3.8) is 0 Å². The van der Waals surface area contributed by atoms with Crippen molar-refractivity contribution in [1.82, 2.24) is 0 Å². The van der Waals surface area contributed by atoms with E-state index in [0.717, 1.165) is 25.7 Å². The molecule has 2 aliphatic rings. The zero-order valence-electron chi connectivity index (χ0n) is 16.6. The molecule has 0 saturated heterocycles. The van der Waals surface area contributed by atoms with Crippen molar-refractivity contribution in [3.05, 3.63) is 45.9 Å². The first-order chi connectivity index (χ1) is 14.8. The zero-order chi connectivity index (χ0) is 22.3. The van der Waals surface area contributed by atoms with Gasteiger partial charge in [0.2, 0.25) is 0 Å². The Labute approximate surface area is 192 Å². The largest absolute Gasteiger partial charge is 0.506 e. The van der Waals surface area contributed by atoms with E-state index in [0.29, 0.717) is 11.8 Å². The molecular weight excluding hydrogens is 465 g/mol. The Hall–Kier alpha value is -2.00. The maximum atomic E-state index is 12.2. The number of benzene rings is 2. The van der Waals surface area contributed by atoms with Gasteiger partial charge in [0.25, 0.3) is 11.3 Å². The van der Waals surface area contributed by atoms with Crippen molar-refractivity contribution in [2.45, 2.75) is 31.7 Å². The Bertz CT molecular complexity index is 1030. The van der Waals surface area contributed by atoms with Crippen LogP contribution >= 0.6 is 23.2 Å². The maximum Gasteiger partial charge on any atom is 0.337 e. The van der Waals surface area contributed by atoms with E-state index < -0.39 is 17.2 Å². The number of carbonyl (C=O) groups is 1. The summed E-state index contributed by atoms with van der Waals surface area (Å²) in [6.07, 6.45) is 4.00. The minimum absolute atomic E-state index is 0.0956. The Kier molecular flexibility index (Phi) is 6.35. The number of methoxy groups -OCH3 is 1. The third-order valence-electron chi connectivity index (χ3n) is 5.99. The van der Waals surface area contributed by atoms with Gasteiger partial charge < -0.3 is 14.6 Å². The van der Waals surface area contributed by atoms with Crippen LogP contribution in [0.4, 0.5) is 5.69 Å². The van der Waals surface area contributed by atoms with Crippen LogP contribution in [-0.2, 0) is 16.0 Å². The Balaban J connectivity index is 1.65. The molecule has 4 rings (SSSR count). The number of phenols is 1. The van der Waals surface area contributed by atoms with Gasteiger partial charge in [0.05, 0.1) is 28.4 Å². The fourth-order valence-corrected chi connectivity index (χ4v) is 6.00. The third-order valence-corrected chi connectivity index (χ3v) is 7.36. The van der Waals surface area contributed by atoms with Gasteiger partial charge in [0.15, 0.2) is 5.75 Å². The molecule has 2 saturated carbocycles. The van der Waals surface area contributed by atoms with E-state index in [9.17, 15) is 18.7 Å². The van der Waals surface area contributed by atoms with Crippen molar-refractivity contribution < 1.29 is 28.1 Å². The van der Waals surface area contributed by atoms with Crippen molar-refractivity contribution in [2.24, 2.45) is 11.8 Å².